The highest BCUT2D eigenvalue weighted by Gasteiger charge is 2.21. The van der Waals surface area contributed by atoms with Crippen molar-refractivity contribution in [2.24, 2.45) is 5.92 Å². The van der Waals surface area contributed by atoms with Gasteiger partial charge >= 0.3 is 0 Å². The van der Waals surface area contributed by atoms with Gasteiger partial charge in [-0.25, -0.2) is 0 Å². The lowest BCUT2D eigenvalue weighted by Gasteiger charge is -2.32. The van der Waals surface area contributed by atoms with Crippen LogP contribution >= 0.6 is 0 Å². The summed E-state index contributed by atoms with van der Waals surface area (Å²) < 4.78 is 0. The van der Waals surface area contributed by atoms with Crippen LogP contribution in [0.2, 0.25) is 0 Å². The summed E-state index contributed by atoms with van der Waals surface area (Å²) >= 11 is 0. The Morgan fingerprint density at radius 1 is 1.50 bits per heavy atom. The minimum atomic E-state index is -0.503. The second kappa shape index (κ2) is 5.41. The van der Waals surface area contributed by atoms with E-state index in [1.54, 1.807) is 13.0 Å². The van der Waals surface area contributed by atoms with E-state index in [1.165, 1.54) is 19.3 Å². The van der Waals surface area contributed by atoms with Crippen molar-refractivity contribution in [1.29, 1.82) is 5.26 Å². The summed E-state index contributed by atoms with van der Waals surface area (Å²) in [4.78, 5) is 2.17. The van der Waals surface area contributed by atoms with E-state index >= 15 is 0 Å². The van der Waals surface area contributed by atoms with Crippen LogP contribution in [0.1, 0.15) is 43.4 Å². The lowest BCUT2D eigenvalue weighted by atomic mass is 9.85. The van der Waals surface area contributed by atoms with Crippen LogP contribution in [0.3, 0.4) is 0 Å². The maximum Gasteiger partial charge on any atom is 0.0992 e. The smallest absolute Gasteiger partial charge is 0.0992 e. The molecule has 0 aromatic heterocycles. The zero-order valence-electron chi connectivity index (χ0n) is 11.1. The number of benzene rings is 1. The number of hydrogen-bond acceptors (Lipinski definition) is 3. The summed E-state index contributed by atoms with van der Waals surface area (Å²) in [6, 6.07) is 7.66. The van der Waals surface area contributed by atoms with Crippen LogP contribution in [0.15, 0.2) is 18.2 Å². The molecule has 96 valence electrons. The van der Waals surface area contributed by atoms with Gasteiger partial charge in [-0.3, -0.25) is 0 Å². The normalized spacial score (nSPS) is 16.8. The molecule has 18 heavy (non-hydrogen) atoms. The number of aliphatic hydroxyl groups excluding tert-OH is 1. The van der Waals surface area contributed by atoms with Crippen molar-refractivity contribution in [3.63, 3.8) is 0 Å². The Hall–Kier alpha value is -1.53. The SMILES string of the molecule is C[C@H](O)c1ccc(C#N)cc1N(C)CC1CCC1. The molecule has 0 spiro atoms. The molecule has 0 heterocycles. The summed E-state index contributed by atoms with van der Waals surface area (Å²) in [5.41, 5.74) is 2.53. The van der Waals surface area contributed by atoms with E-state index in [1.807, 2.05) is 19.2 Å². The Morgan fingerprint density at radius 3 is 2.72 bits per heavy atom. The predicted octanol–water partition coefficient (Wildman–Crippen LogP) is 2.85. The fourth-order valence-electron chi connectivity index (χ4n) is 2.46. The first kappa shape index (κ1) is 12.9. The summed E-state index contributed by atoms with van der Waals surface area (Å²) in [6.07, 6.45) is 3.43. The van der Waals surface area contributed by atoms with Crippen LogP contribution in [0.25, 0.3) is 0 Å². The first-order chi connectivity index (χ1) is 8.61. The molecule has 1 saturated carbocycles. The Bertz CT molecular complexity index is 458. The zero-order chi connectivity index (χ0) is 13.1. The fourth-order valence-corrected chi connectivity index (χ4v) is 2.46. The summed E-state index contributed by atoms with van der Waals surface area (Å²) in [6.45, 7) is 2.77. The van der Waals surface area contributed by atoms with E-state index in [2.05, 4.69) is 11.0 Å². The van der Waals surface area contributed by atoms with Crippen molar-refractivity contribution >= 4 is 5.69 Å². The van der Waals surface area contributed by atoms with Crippen molar-refractivity contribution < 1.29 is 5.11 Å². The molecule has 0 amide bonds. The van der Waals surface area contributed by atoms with Gasteiger partial charge in [-0.2, -0.15) is 5.26 Å². The molecule has 3 heteroatoms. The number of anilines is 1. The van der Waals surface area contributed by atoms with Gasteiger partial charge in [-0.15, -0.1) is 0 Å². The average Bonchev–Trinajstić information content (AvgIpc) is 2.32. The molecule has 1 N–H and O–H groups in total. The van der Waals surface area contributed by atoms with E-state index in [4.69, 9.17) is 5.26 Å². The van der Waals surface area contributed by atoms with Gasteiger partial charge in [0.2, 0.25) is 0 Å². The summed E-state index contributed by atoms with van der Waals surface area (Å²) in [7, 11) is 2.04. The first-order valence-electron chi connectivity index (χ1n) is 6.55. The van der Waals surface area contributed by atoms with Gasteiger partial charge in [-0.05, 0) is 37.8 Å². The number of nitrogens with zero attached hydrogens (tertiary/aromatic N) is 2. The van der Waals surface area contributed by atoms with Crippen molar-refractivity contribution in [3.8, 4) is 6.07 Å². The molecule has 0 radical (unpaired) electrons. The average molecular weight is 244 g/mol. The second-order valence-corrected chi connectivity index (χ2v) is 5.24. The van der Waals surface area contributed by atoms with Gasteiger partial charge in [-0.1, -0.05) is 12.5 Å². The Balaban J connectivity index is 2.24. The Morgan fingerprint density at radius 2 is 2.22 bits per heavy atom. The minimum Gasteiger partial charge on any atom is -0.389 e. The molecule has 0 aliphatic heterocycles. The quantitative estimate of drug-likeness (QED) is 0.886. The summed E-state index contributed by atoms with van der Waals surface area (Å²) in [5.74, 6) is 0.766. The lowest BCUT2D eigenvalue weighted by Crippen LogP contribution is -2.30. The molecule has 1 fully saturated rings. The number of aliphatic hydroxyl groups is 1. The number of nitriles is 1. The number of rotatable bonds is 4. The van der Waals surface area contributed by atoms with Gasteiger partial charge in [0.15, 0.2) is 0 Å². The topological polar surface area (TPSA) is 47.3 Å². The van der Waals surface area contributed by atoms with Crippen LogP contribution in [-0.2, 0) is 0 Å². The van der Waals surface area contributed by atoms with Crippen molar-refractivity contribution in [1.82, 2.24) is 0 Å². The van der Waals surface area contributed by atoms with E-state index in [-0.39, 0.29) is 0 Å². The molecule has 3 nitrogen and oxygen atoms in total. The van der Waals surface area contributed by atoms with Gasteiger partial charge in [0.05, 0.1) is 17.7 Å². The Kier molecular flexibility index (Phi) is 3.88. The Labute approximate surface area is 109 Å². The van der Waals surface area contributed by atoms with Crippen LogP contribution in [0.5, 0.6) is 0 Å². The molecular weight excluding hydrogens is 224 g/mol. The second-order valence-electron chi connectivity index (χ2n) is 5.24. The largest absolute Gasteiger partial charge is 0.389 e. The van der Waals surface area contributed by atoms with Gasteiger partial charge in [0.1, 0.15) is 0 Å². The monoisotopic (exact) mass is 244 g/mol. The van der Waals surface area contributed by atoms with Crippen molar-refractivity contribution in [3.05, 3.63) is 29.3 Å². The molecule has 0 bridgehead atoms. The maximum atomic E-state index is 9.81. The summed E-state index contributed by atoms with van der Waals surface area (Å²) in [5, 5.41) is 18.8. The third-order valence-electron chi connectivity index (χ3n) is 3.78. The molecule has 1 aliphatic carbocycles. The molecule has 2 rings (SSSR count). The molecule has 1 aromatic carbocycles. The van der Waals surface area contributed by atoms with Crippen LogP contribution in [0, 0.1) is 17.2 Å². The third-order valence-corrected chi connectivity index (χ3v) is 3.78. The van der Waals surface area contributed by atoms with Crippen molar-refractivity contribution in [2.75, 3.05) is 18.5 Å². The predicted molar refractivity (Wildman–Crippen MR) is 72.4 cm³/mol. The van der Waals surface area contributed by atoms with Gasteiger partial charge < -0.3 is 10.0 Å². The van der Waals surface area contributed by atoms with E-state index in [0.29, 0.717) is 5.56 Å². The fraction of sp³-hybridized carbons (Fsp3) is 0.533. The first-order valence-corrected chi connectivity index (χ1v) is 6.55. The molecule has 0 unspecified atom stereocenters. The molecule has 1 atom stereocenters. The van der Waals surface area contributed by atoms with E-state index in [0.717, 1.165) is 23.7 Å². The lowest BCUT2D eigenvalue weighted by molar-refractivity contribution is 0.199. The van der Waals surface area contributed by atoms with E-state index in [9.17, 15) is 5.11 Å². The highest BCUT2D eigenvalue weighted by atomic mass is 16.3. The van der Waals surface area contributed by atoms with Gasteiger partial charge in [0.25, 0.3) is 0 Å². The van der Waals surface area contributed by atoms with Crippen LogP contribution < -0.4 is 4.90 Å². The maximum absolute atomic E-state index is 9.81. The van der Waals surface area contributed by atoms with E-state index < -0.39 is 6.10 Å². The molecule has 0 saturated heterocycles. The van der Waals surface area contributed by atoms with Crippen LogP contribution in [-0.4, -0.2) is 18.7 Å². The van der Waals surface area contributed by atoms with Gasteiger partial charge in [0, 0.05) is 24.8 Å². The minimum absolute atomic E-state index is 0.503. The zero-order valence-corrected chi connectivity index (χ0v) is 11.1. The molecule has 1 aliphatic rings. The highest BCUT2D eigenvalue weighted by molar-refractivity contribution is 5.58. The highest BCUT2D eigenvalue weighted by Crippen LogP contribution is 2.31. The molecular formula is C15H20N2O. The molecule has 1 aromatic rings. The van der Waals surface area contributed by atoms with Crippen LogP contribution in [0.4, 0.5) is 5.69 Å². The number of hydrogen-bond donors (Lipinski definition) is 1. The van der Waals surface area contributed by atoms with Crippen molar-refractivity contribution in [2.45, 2.75) is 32.3 Å². The standard InChI is InChI=1S/C15H20N2O/c1-11(18)14-7-6-13(9-16)8-15(14)17(2)10-12-4-3-5-12/h6-8,11-12,18H,3-5,10H2,1-2H3/t11-/m0/s1. The third kappa shape index (κ3) is 2.65.